The first-order valence-electron chi connectivity index (χ1n) is 4.87. The Morgan fingerprint density at radius 2 is 1.75 bits per heavy atom. The molecule has 1 atom stereocenters. The Labute approximate surface area is 75.0 Å². The molecule has 1 radical (unpaired) electrons. The quantitative estimate of drug-likeness (QED) is 0.568. The molecule has 0 aliphatic rings. The molecule has 0 spiro atoms. The highest BCUT2D eigenvalue weighted by Crippen LogP contribution is 2.07. The first kappa shape index (κ1) is 11.6. The third-order valence-electron chi connectivity index (χ3n) is 1.97. The molecule has 2 heteroatoms. The van der Waals surface area contributed by atoms with Crippen LogP contribution in [-0.4, -0.2) is 17.5 Å². The van der Waals surface area contributed by atoms with Crippen LogP contribution in [-0.2, 0) is 4.79 Å². The summed E-state index contributed by atoms with van der Waals surface area (Å²) >= 11 is 0. The van der Waals surface area contributed by atoms with E-state index in [1.54, 1.807) is 6.29 Å². The van der Waals surface area contributed by atoms with Gasteiger partial charge in [0.25, 0.3) is 0 Å². The van der Waals surface area contributed by atoms with E-state index >= 15 is 0 Å². The number of unbranched alkanes of at least 4 members (excludes halogenated alkanes) is 5. The van der Waals surface area contributed by atoms with Gasteiger partial charge in [-0.05, 0) is 6.42 Å². The molecule has 0 rings (SSSR count). The number of aliphatic hydroxyl groups is 1. The Balaban J connectivity index is 2.95. The van der Waals surface area contributed by atoms with Crippen LogP contribution in [0, 0.1) is 0 Å². The fourth-order valence-electron chi connectivity index (χ4n) is 1.18. The molecule has 0 aliphatic heterocycles. The van der Waals surface area contributed by atoms with Crippen LogP contribution in [0.25, 0.3) is 0 Å². The van der Waals surface area contributed by atoms with Crippen molar-refractivity contribution in [1.82, 2.24) is 0 Å². The van der Waals surface area contributed by atoms with Crippen LogP contribution in [0.2, 0.25) is 0 Å². The second-order valence-corrected chi connectivity index (χ2v) is 3.19. The zero-order valence-electron chi connectivity index (χ0n) is 7.88. The van der Waals surface area contributed by atoms with E-state index in [0.717, 1.165) is 12.8 Å². The molecule has 0 amide bonds. The van der Waals surface area contributed by atoms with Crippen molar-refractivity contribution in [2.75, 3.05) is 0 Å². The van der Waals surface area contributed by atoms with Crippen LogP contribution in [0.1, 0.15) is 51.9 Å². The topological polar surface area (TPSA) is 37.3 Å². The van der Waals surface area contributed by atoms with Crippen molar-refractivity contribution >= 4 is 6.29 Å². The summed E-state index contributed by atoms with van der Waals surface area (Å²) in [5.74, 6) is 0. The van der Waals surface area contributed by atoms with Crippen LogP contribution >= 0.6 is 0 Å². The van der Waals surface area contributed by atoms with Crippen molar-refractivity contribution in [1.29, 1.82) is 0 Å². The smallest absolute Gasteiger partial charge is 0.229 e. The second-order valence-electron chi connectivity index (χ2n) is 3.19. The van der Waals surface area contributed by atoms with Gasteiger partial charge < -0.3 is 5.11 Å². The molecule has 0 bridgehead atoms. The highest BCUT2D eigenvalue weighted by Gasteiger charge is 2.00. The first-order valence-corrected chi connectivity index (χ1v) is 4.87. The lowest BCUT2D eigenvalue weighted by Crippen LogP contribution is -2.06. The summed E-state index contributed by atoms with van der Waals surface area (Å²) in [6.07, 6.45) is 8.41. The van der Waals surface area contributed by atoms with E-state index < -0.39 is 6.10 Å². The van der Waals surface area contributed by atoms with Gasteiger partial charge in [0.1, 0.15) is 6.10 Å². The third-order valence-corrected chi connectivity index (χ3v) is 1.97. The molecule has 2 nitrogen and oxygen atoms in total. The second kappa shape index (κ2) is 8.72. The van der Waals surface area contributed by atoms with Gasteiger partial charge in [-0.1, -0.05) is 45.4 Å². The van der Waals surface area contributed by atoms with Crippen LogP contribution in [0.15, 0.2) is 0 Å². The first-order chi connectivity index (χ1) is 5.81. The lowest BCUT2D eigenvalue weighted by Gasteiger charge is -2.01. The Kier molecular flexibility index (Phi) is 8.46. The summed E-state index contributed by atoms with van der Waals surface area (Å²) in [6, 6.07) is 0. The van der Waals surface area contributed by atoms with Gasteiger partial charge in [-0.25, -0.2) is 0 Å². The summed E-state index contributed by atoms with van der Waals surface area (Å²) in [5.41, 5.74) is 0. The predicted molar refractivity (Wildman–Crippen MR) is 49.7 cm³/mol. The number of rotatable bonds is 8. The highest BCUT2D eigenvalue weighted by atomic mass is 16.3. The fourth-order valence-corrected chi connectivity index (χ4v) is 1.18. The average Bonchev–Trinajstić information content (AvgIpc) is 2.10. The maximum atomic E-state index is 9.90. The normalized spacial score (nSPS) is 12.8. The third kappa shape index (κ3) is 7.73. The van der Waals surface area contributed by atoms with E-state index in [0.29, 0.717) is 6.42 Å². The zero-order chi connectivity index (χ0) is 9.23. The lowest BCUT2D eigenvalue weighted by molar-refractivity contribution is 0.219. The van der Waals surface area contributed by atoms with Crippen LogP contribution < -0.4 is 0 Å². The van der Waals surface area contributed by atoms with Gasteiger partial charge in [0.15, 0.2) is 0 Å². The Hall–Kier alpha value is -0.370. The van der Waals surface area contributed by atoms with E-state index in [1.165, 1.54) is 25.7 Å². The number of aliphatic hydroxyl groups excluding tert-OH is 1. The summed E-state index contributed by atoms with van der Waals surface area (Å²) in [5, 5.41) is 8.84. The molecule has 0 saturated heterocycles. The molecule has 1 N–H and O–H groups in total. The molecule has 71 valence electrons. The summed E-state index contributed by atoms with van der Waals surface area (Å²) < 4.78 is 0. The minimum absolute atomic E-state index is 0.579. The monoisotopic (exact) mass is 171 g/mol. The number of carbonyl (C=O) groups excluding carboxylic acids is 1. The Morgan fingerprint density at radius 3 is 2.33 bits per heavy atom. The van der Waals surface area contributed by atoms with Crippen molar-refractivity contribution in [2.24, 2.45) is 0 Å². The van der Waals surface area contributed by atoms with Gasteiger partial charge in [0.05, 0.1) is 0 Å². The minimum Gasteiger partial charge on any atom is -0.385 e. The molecule has 0 aromatic heterocycles. The van der Waals surface area contributed by atoms with Crippen LogP contribution in [0.4, 0.5) is 0 Å². The van der Waals surface area contributed by atoms with Gasteiger partial charge in [0, 0.05) is 0 Å². The van der Waals surface area contributed by atoms with Gasteiger partial charge in [0.2, 0.25) is 6.29 Å². The van der Waals surface area contributed by atoms with Crippen molar-refractivity contribution in [2.45, 2.75) is 58.0 Å². The molecule has 0 saturated carbocycles. The molecule has 0 fully saturated rings. The molecule has 0 aliphatic carbocycles. The van der Waals surface area contributed by atoms with E-state index in [4.69, 9.17) is 5.11 Å². The Morgan fingerprint density at radius 1 is 1.17 bits per heavy atom. The van der Waals surface area contributed by atoms with Gasteiger partial charge in [-0.2, -0.15) is 0 Å². The van der Waals surface area contributed by atoms with Crippen LogP contribution in [0.5, 0.6) is 0 Å². The van der Waals surface area contributed by atoms with Crippen molar-refractivity contribution in [3.8, 4) is 0 Å². The van der Waals surface area contributed by atoms with E-state index in [1.807, 2.05) is 0 Å². The number of hydrogen-bond donors (Lipinski definition) is 1. The molecule has 0 aromatic rings. The van der Waals surface area contributed by atoms with Gasteiger partial charge >= 0.3 is 0 Å². The molecule has 0 heterocycles. The molecular formula is C10H19O2. The standard InChI is InChI=1S/C10H19O2/c1-2-3-4-5-6-7-8-10(12)9-11/h10,12H,2-8H2,1H3. The largest absolute Gasteiger partial charge is 0.385 e. The Bertz CT molecular complexity index is 102. The van der Waals surface area contributed by atoms with E-state index in [-0.39, 0.29) is 0 Å². The fraction of sp³-hybridized carbons (Fsp3) is 0.900. The summed E-state index contributed by atoms with van der Waals surface area (Å²) in [7, 11) is 0. The molecule has 12 heavy (non-hydrogen) atoms. The maximum Gasteiger partial charge on any atom is 0.229 e. The highest BCUT2D eigenvalue weighted by molar-refractivity contribution is 5.56. The predicted octanol–water partition coefficient (Wildman–Crippen LogP) is 2.21. The molecule has 1 unspecified atom stereocenters. The van der Waals surface area contributed by atoms with E-state index in [2.05, 4.69) is 6.92 Å². The van der Waals surface area contributed by atoms with Crippen LogP contribution in [0.3, 0.4) is 0 Å². The van der Waals surface area contributed by atoms with Gasteiger partial charge in [-0.15, -0.1) is 0 Å². The molecular weight excluding hydrogens is 152 g/mol. The zero-order valence-corrected chi connectivity index (χ0v) is 7.88. The minimum atomic E-state index is -0.851. The van der Waals surface area contributed by atoms with Crippen molar-refractivity contribution in [3.63, 3.8) is 0 Å². The average molecular weight is 171 g/mol. The van der Waals surface area contributed by atoms with Gasteiger partial charge in [-0.3, -0.25) is 4.79 Å². The SMILES string of the molecule is CCCCCCCCC(O)[C]=O. The van der Waals surface area contributed by atoms with Crippen molar-refractivity contribution in [3.05, 3.63) is 0 Å². The summed E-state index contributed by atoms with van der Waals surface area (Å²) in [6.45, 7) is 2.19. The lowest BCUT2D eigenvalue weighted by atomic mass is 10.1. The summed E-state index contributed by atoms with van der Waals surface area (Å²) in [4.78, 5) is 9.90. The number of hydrogen-bond acceptors (Lipinski definition) is 2. The van der Waals surface area contributed by atoms with E-state index in [9.17, 15) is 4.79 Å². The maximum absolute atomic E-state index is 9.90. The van der Waals surface area contributed by atoms with Crippen molar-refractivity contribution < 1.29 is 9.90 Å². The molecule has 0 aromatic carbocycles.